The maximum atomic E-state index is 19.9. The molecular formula is C105H141N9O18. The number of aliphatic hydroxyl groups excluding tert-OH is 2. The fourth-order valence-corrected chi connectivity index (χ4v) is 27.5. The van der Waals surface area contributed by atoms with Crippen LogP contribution in [0.25, 0.3) is 0 Å². The second-order valence-corrected chi connectivity index (χ2v) is 45.7. The van der Waals surface area contributed by atoms with Crippen LogP contribution in [0, 0.1) is 35.5 Å². The predicted octanol–water partition coefficient (Wildman–Crippen LogP) is 19.1. The average Bonchev–Trinajstić information content (AvgIpc) is 0.657. The van der Waals surface area contributed by atoms with E-state index >= 15 is 48.3 Å². The van der Waals surface area contributed by atoms with Crippen LogP contribution in [-0.4, -0.2) is 180 Å². The molecule has 6 aliphatic heterocycles. The largest absolute Gasteiger partial charge is 0.416 e. The molecule has 6 aromatic carbocycles. The lowest BCUT2D eigenvalue weighted by atomic mass is 9.44. The topological polar surface area (TPSA) is 304 Å². The van der Waals surface area contributed by atoms with E-state index in [0.29, 0.717) is 0 Å². The Morgan fingerprint density at radius 3 is 0.629 bits per heavy atom. The molecule has 13 rings (SSSR count). The van der Waals surface area contributed by atoms with Crippen molar-refractivity contribution < 1.29 is 72.5 Å². The molecule has 0 saturated carbocycles. The number of hydrogen-bond acceptors (Lipinski definition) is 18. The Labute approximate surface area is 777 Å². The number of nitrogens with zero attached hydrogens (tertiary/aromatic N) is 9. The van der Waals surface area contributed by atoms with Crippen molar-refractivity contribution in [3.8, 4) is 34.5 Å². The first-order chi connectivity index (χ1) is 61.3. The predicted molar refractivity (Wildman–Crippen MR) is 505 cm³/mol. The number of aliphatic hydroxyl groups is 3. The standard InChI is InChI=1S/C105H141N9O18/c1-91(2)57-70(58-92(3,4)109(91)85(120)127-76-43-31-25-32-44-76)103(69-116,71-59-93(5,6)110(94(7,8)60-71)86(121)128-77-45-33-26-34-46-77)107-82(117)106(55-56-115)83(118)108(84(107)119)104(72-61-95(9,10)111(96(11,12)62-72)87(122)129-78-47-35-27-36-48-78,73-63-97(13,14)112(98(15,16)64-73)88(123)130-79-49-37-28-38-50-79)105(126,74-65-99(17,18)113(100(19,20)66-74)89(124)131-80-51-39-29-40-52-80)75-67-101(21,22)114(102(23,24)68-75)90(125)132-81-53-41-30-42-54-81/h25-54,70-75,115-116,126H,55-69H2,1-24H3. The Hall–Kier alpha value is -10.8. The van der Waals surface area contributed by atoms with Gasteiger partial charge in [-0.2, -0.15) is 0 Å². The van der Waals surface area contributed by atoms with Gasteiger partial charge in [0.15, 0.2) is 0 Å². The smallest absolute Gasteiger partial charge is 0.410 e. The highest BCUT2D eigenvalue weighted by atomic mass is 16.6. The van der Waals surface area contributed by atoms with Crippen molar-refractivity contribution in [2.24, 2.45) is 35.5 Å². The Morgan fingerprint density at radius 1 is 0.273 bits per heavy atom. The second kappa shape index (κ2) is 35.2. The molecule has 714 valence electrons. The lowest BCUT2D eigenvalue weighted by Crippen LogP contribution is -2.83. The van der Waals surface area contributed by atoms with Crippen LogP contribution in [0.1, 0.15) is 243 Å². The molecule has 0 atom stereocenters. The highest BCUT2D eigenvalue weighted by Gasteiger charge is 2.76. The summed E-state index contributed by atoms with van der Waals surface area (Å²) in [7, 11) is 0. The number of rotatable bonds is 18. The van der Waals surface area contributed by atoms with Gasteiger partial charge in [-0.15, -0.1) is 0 Å². The minimum Gasteiger partial charge on any atom is -0.410 e. The van der Waals surface area contributed by atoms with Crippen molar-refractivity contribution in [2.45, 2.75) is 333 Å². The molecule has 0 aliphatic carbocycles. The van der Waals surface area contributed by atoms with E-state index in [1.165, 1.54) is 0 Å². The third-order valence-corrected chi connectivity index (χ3v) is 30.1. The van der Waals surface area contributed by atoms with E-state index < -0.39 is 192 Å². The number of hydrogen-bond donors (Lipinski definition) is 3. The first kappa shape index (κ1) is 98.7. The van der Waals surface area contributed by atoms with Crippen LogP contribution in [0.4, 0.5) is 28.8 Å². The molecular weight excluding hydrogens is 1680 g/mol. The first-order valence-corrected chi connectivity index (χ1v) is 46.7. The molecule has 3 N–H and O–H groups in total. The summed E-state index contributed by atoms with van der Waals surface area (Å²) in [4.78, 5) is 161. The molecule has 1 aromatic heterocycles. The van der Waals surface area contributed by atoms with Crippen LogP contribution >= 0.6 is 0 Å². The minimum absolute atomic E-state index is 0.0666. The molecule has 27 heteroatoms. The summed E-state index contributed by atoms with van der Waals surface area (Å²) in [5, 5.41) is 44.3. The number of amides is 6. The molecule has 6 saturated heterocycles. The summed E-state index contributed by atoms with van der Waals surface area (Å²) in [5.41, 5.74) is -27.7. The monoisotopic (exact) mass is 1820 g/mol. The van der Waals surface area contributed by atoms with Crippen molar-refractivity contribution in [2.75, 3.05) is 13.2 Å². The molecule has 0 radical (unpaired) electrons. The number of ether oxygens (including phenoxy) is 6. The van der Waals surface area contributed by atoms with Crippen molar-refractivity contribution in [3.63, 3.8) is 0 Å². The summed E-state index contributed by atoms with van der Waals surface area (Å²) in [6.45, 7) is 42.6. The van der Waals surface area contributed by atoms with E-state index in [0.717, 1.165) is 13.7 Å². The molecule has 6 aliphatic rings. The van der Waals surface area contributed by atoms with Crippen molar-refractivity contribution in [3.05, 3.63) is 213 Å². The van der Waals surface area contributed by atoms with E-state index in [-0.39, 0.29) is 112 Å². The van der Waals surface area contributed by atoms with E-state index in [2.05, 4.69) is 0 Å². The molecule has 0 unspecified atom stereocenters. The van der Waals surface area contributed by atoms with Crippen molar-refractivity contribution in [1.82, 2.24) is 43.1 Å². The normalized spacial score (nSPS) is 21.8. The van der Waals surface area contributed by atoms with Gasteiger partial charge in [0.25, 0.3) is 0 Å². The van der Waals surface area contributed by atoms with Crippen LogP contribution in [0.2, 0.25) is 0 Å². The molecule has 6 fully saturated rings. The summed E-state index contributed by atoms with van der Waals surface area (Å²) >= 11 is 0. The maximum absolute atomic E-state index is 19.9. The van der Waals surface area contributed by atoms with Gasteiger partial charge in [-0.1, -0.05) is 109 Å². The number of carbonyl (C=O) groups excluding carboxylic acids is 6. The van der Waals surface area contributed by atoms with E-state index in [1.807, 2.05) is 178 Å². The van der Waals surface area contributed by atoms with Gasteiger partial charge in [-0.3, -0.25) is 29.4 Å². The first-order valence-electron chi connectivity index (χ1n) is 46.7. The zero-order valence-electron chi connectivity index (χ0n) is 81.9. The molecule has 27 nitrogen and oxygen atoms in total. The van der Waals surface area contributed by atoms with E-state index in [1.54, 1.807) is 199 Å². The zero-order chi connectivity index (χ0) is 96.9. The third kappa shape index (κ3) is 18.0. The Morgan fingerprint density at radius 2 is 0.447 bits per heavy atom. The number of aromatic nitrogens is 3. The van der Waals surface area contributed by atoms with Gasteiger partial charge in [0.05, 0.1) is 36.4 Å². The summed E-state index contributed by atoms with van der Waals surface area (Å²) < 4.78 is 41.3. The van der Waals surface area contributed by atoms with Crippen LogP contribution in [0.15, 0.2) is 196 Å². The lowest BCUT2D eigenvalue weighted by molar-refractivity contribution is -0.266. The zero-order valence-corrected chi connectivity index (χ0v) is 81.9. The highest BCUT2D eigenvalue weighted by Crippen LogP contribution is 2.68. The SMILES string of the molecule is CC1(C)CC(C(CO)(C2CC(C)(C)N(C(=O)Oc3ccccc3)C(C)(C)C2)n2c(=O)n(CCO)c(=O)n(C(C3CC(C)(C)N(C(=O)Oc4ccccc4)C(C)(C)C3)(C3CC(C)(C)N(C(=O)Oc4ccccc4)C(C)(C)C3)C(O)(C3CC(C)(C)N(C(=O)Oc4ccccc4)C(C)(C)C3)C3CC(C)(C)N(C(=O)Oc4ccccc4)C(C)(C)C3)c2=O)CC(C)(C)N1C(=O)Oc1ccccc1. The molecule has 7 heterocycles. The Bertz CT molecular complexity index is 5180. The number of likely N-dealkylation sites (tertiary alicyclic amines) is 6. The van der Waals surface area contributed by atoms with Crippen LogP contribution < -0.4 is 45.5 Å². The fraction of sp³-hybridized carbons (Fsp3) is 0.571. The molecule has 0 spiro atoms. The van der Waals surface area contributed by atoms with Gasteiger partial charge in [0.2, 0.25) is 0 Å². The summed E-state index contributed by atoms with van der Waals surface area (Å²) in [6.07, 6.45) is -5.66. The summed E-state index contributed by atoms with van der Waals surface area (Å²) in [6, 6.07) is 52.0. The Balaban J connectivity index is 1.21. The molecule has 7 aromatic rings. The quantitative estimate of drug-likeness (QED) is 0.0719. The number of benzene rings is 6. The van der Waals surface area contributed by atoms with Crippen LogP contribution in [0.5, 0.6) is 34.5 Å². The van der Waals surface area contributed by atoms with Crippen molar-refractivity contribution in [1.29, 1.82) is 0 Å². The third-order valence-electron chi connectivity index (χ3n) is 30.1. The molecule has 132 heavy (non-hydrogen) atoms. The Kier molecular flexibility index (Phi) is 26.4. The summed E-state index contributed by atoms with van der Waals surface area (Å²) in [5.74, 6) is -5.63. The van der Waals surface area contributed by atoms with Gasteiger partial charge < -0.3 is 43.7 Å². The van der Waals surface area contributed by atoms with E-state index in [4.69, 9.17) is 28.4 Å². The lowest BCUT2D eigenvalue weighted by Gasteiger charge is -2.71. The second-order valence-electron chi connectivity index (χ2n) is 45.7. The number of carbonyl (C=O) groups is 6. The van der Waals surface area contributed by atoms with Gasteiger partial charge in [0, 0.05) is 66.5 Å². The number of para-hydroxylation sites is 6. The van der Waals surface area contributed by atoms with Gasteiger partial charge in [-0.05, 0) is 352 Å². The maximum Gasteiger partial charge on any atom is 0.416 e. The van der Waals surface area contributed by atoms with Gasteiger partial charge in [0.1, 0.15) is 34.5 Å². The van der Waals surface area contributed by atoms with E-state index in [9.17, 15) is 10.2 Å². The molecule has 6 amide bonds. The average molecular weight is 1820 g/mol. The van der Waals surface area contributed by atoms with Gasteiger partial charge >= 0.3 is 53.6 Å². The van der Waals surface area contributed by atoms with Crippen LogP contribution in [0.3, 0.4) is 0 Å². The minimum atomic E-state index is -2.67. The number of piperidine rings is 6. The van der Waals surface area contributed by atoms with Gasteiger partial charge in [-0.25, -0.2) is 56.9 Å². The highest BCUT2D eigenvalue weighted by molar-refractivity contribution is 5.77. The van der Waals surface area contributed by atoms with Crippen LogP contribution in [-0.2, 0) is 17.6 Å². The van der Waals surface area contributed by atoms with Crippen molar-refractivity contribution >= 4 is 36.6 Å². The molecule has 0 bridgehead atoms. The fourth-order valence-electron chi connectivity index (χ4n) is 27.5.